The van der Waals surface area contributed by atoms with E-state index in [0.29, 0.717) is 17.5 Å². The second-order valence-corrected chi connectivity index (χ2v) is 11.6. The van der Waals surface area contributed by atoms with E-state index < -0.39 is 0 Å². The molecule has 0 amide bonds. The molecule has 6 saturated carbocycles. The molecule has 0 aromatic rings. The van der Waals surface area contributed by atoms with Gasteiger partial charge in [-0.2, -0.15) is 0 Å². The first kappa shape index (κ1) is 17.3. The summed E-state index contributed by atoms with van der Waals surface area (Å²) in [7, 11) is 0. The van der Waals surface area contributed by atoms with E-state index in [9.17, 15) is 0 Å². The molecule has 2 atom stereocenters. The molecular formula is C25H40N2. The Morgan fingerprint density at radius 3 is 1.74 bits per heavy atom. The van der Waals surface area contributed by atoms with Gasteiger partial charge in [0.1, 0.15) is 5.84 Å². The molecular weight excluding hydrogens is 328 g/mol. The Bertz CT molecular complexity index is 546. The van der Waals surface area contributed by atoms with Gasteiger partial charge in [-0.25, -0.2) is 0 Å². The summed E-state index contributed by atoms with van der Waals surface area (Å²) in [6, 6.07) is 1.31. The maximum absolute atomic E-state index is 5.66. The lowest BCUT2D eigenvalue weighted by molar-refractivity contribution is -0.0139. The van der Waals surface area contributed by atoms with Crippen LogP contribution in [-0.4, -0.2) is 17.9 Å². The van der Waals surface area contributed by atoms with E-state index in [1.807, 2.05) is 0 Å². The Morgan fingerprint density at radius 2 is 1.19 bits per heavy atom. The Hall–Kier alpha value is -0.530. The van der Waals surface area contributed by atoms with Gasteiger partial charge in [0.15, 0.2) is 0 Å². The molecule has 7 aliphatic rings. The molecule has 6 fully saturated rings. The summed E-state index contributed by atoms with van der Waals surface area (Å²) in [5.41, 5.74) is 0.477. The van der Waals surface area contributed by atoms with Gasteiger partial charge < -0.3 is 5.32 Å². The van der Waals surface area contributed by atoms with Crippen molar-refractivity contribution in [1.29, 1.82) is 0 Å². The summed E-state index contributed by atoms with van der Waals surface area (Å²) in [5.74, 6) is 6.41. The summed E-state index contributed by atoms with van der Waals surface area (Å²) in [6.07, 6.45) is 23.7. The summed E-state index contributed by atoms with van der Waals surface area (Å²) in [5, 5.41) is 4.22. The number of hydrogen-bond acceptors (Lipinski definition) is 2. The molecule has 27 heavy (non-hydrogen) atoms. The zero-order valence-corrected chi connectivity index (χ0v) is 17.3. The average molecular weight is 369 g/mol. The van der Waals surface area contributed by atoms with E-state index >= 15 is 0 Å². The largest absolute Gasteiger partial charge is 0.368 e. The fraction of sp³-hybridized carbons (Fsp3) is 0.960. The minimum atomic E-state index is 0.477. The molecule has 2 unspecified atom stereocenters. The smallest absolute Gasteiger partial charge is 0.103 e. The standard InChI is InChI=1S/C25H40N2/c1-3-7-20(8-4-1)22-23(21-9-5-2-6-10-21)27-24(26-22)25-14-17-11-18(15-25)13-19(12-17)16-25/h17-23H,1-16H2,(H,26,27). The van der Waals surface area contributed by atoms with E-state index in [0.717, 1.165) is 29.6 Å². The van der Waals surface area contributed by atoms with Gasteiger partial charge in [0.05, 0.1) is 12.1 Å². The van der Waals surface area contributed by atoms with Crippen molar-refractivity contribution in [2.75, 3.05) is 0 Å². The molecule has 0 saturated heterocycles. The minimum Gasteiger partial charge on any atom is -0.368 e. The van der Waals surface area contributed by atoms with Gasteiger partial charge in [-0.15, -0.1) is 0 Å². The summed E-state index contributed by atoms with van der Waals surface area (Å²) in [4.78, 5) is 5.66. The highest BCUT2D eigenvalue weighted by Crippen LogP contribution is 2.61. The van der Waals surface area contributed by atoms with E-state index in [1.54, 1.807) is 19.3 Å². The first-order valence-electron chi connectivity index (χ1n) is 12.6. The molecule has 1 heterocycles. The minimum absolute atomic E-state index is 0.477. The van der Waals surface area contributed by atoms with Crippen molar-refractivity contribution in [1.82, 2.24) is 5.32 Å². The number of aliphatic imine (C=N–C) groups is 1. The van der Waals surface area contributed by atoms with E-state index in [1.165, 1.54) is 89.3 Å². The van der Waals surface area contributed by atoms with Crippen LogP contribution in [0.4, 0.5) is 0 Å². The first-order valence-corrected chi connectivity index (χ1v) is 12.6. The third-order valence-corrected chi connectivity index (χ3v) is 9.78. The maximum atomic E-state index is 5.66. The predicted octanol–water partition coefficient (Wildman–Crippen LogP) is 6.10. The number of nitrogens with zero attached hydrogens (tertiary/aromatic N) is 1. The normalized spacial score (nSPS) is 47.9. The lowest BCUT2D eigenvalue weighted by atomic mass is 9.49. The topological polar surface area (TPSA) is 24.4 Å². The van der Waals surface area contributed by atoms with Crippen molar-refractivity contribution in [2.45, 2.75) is 115 Å². The van der Waals surface area contributed by atoms with Crippen LogP contribution >= 0.6 is 0 Å². The van der Waals surface area contributed by atoms with Crippen LogP contribution in [-0.2, 0) is 0 Å². The molecule has 0 spiro atoms. The summed E-state index contributed by atoms with van der Waals surface area (Å²) < 4.78 is 0. The highest BCUT2D eigenvalue weighted by Gasteiger charge is 2.55. The fourth-order valence-corrected chi connectivity index (χ4v) is 8.96. The first-order chi connectivity index (χ1) is 13.3. The number of hydrogen-bond donors (Lipinski definition) is 1. The van der Waals surface area contributed by atoms with Gasteiger partial charge in [-0.1, -0.05) is 38.5 Å². The summed E-state index contributed by atoms with van der Waals surface area (Å²) >= 11 is 0. The number of amidine groups is 1. The van der Waals surface area contributed by atoms with Crippen LogP contribution in [0.2, 0.25) is 0 Å². The van der Waals surface area contributed by atoms with Gasteiger partial charge in [0, 0.05) is 5.41 Å². The van der Waals surface area contributed by atoms with Crippen molar-refractivity contribution < 1.29 is 0 Å². The lowest BCUT2D eigenvalue weighted by Crippen LogP contribution is -2.54. The van der Waals surface area contributed by atoms with Crippen molar-refractivity contribution in [2.24, 2.45) is 40.0 Å². The maximum Gasteiger partial charge on any atom is 0.103 e. The lowest BCUT2D eigenvalue weighted by Gasteiger charge is -2.56. The quantitative estimate of drug-likeness (QED) is 0.639. The molecule has 2 nitrogen and oxygen atoms in total. The van der Waals surface area contributed by atoms with Crippen LogP contribution in [0, 0.1) is 35.0 Å². The second-order valence-electron chi connectivity index (χ2n) is 11.6. The van der Waals surface area contributed by atoms with Gasteiger partial charge in [-0.3, -0.25) is 4.99 Å². The highest BCUT2D eigenvalue weighted by molar-refractivity contribution is 5.90. The van der Waals surface area contributed by atoms with Crippen LogP contribution in [0.25, 0.3) is 0 Å². The van der Waals surface area contributed by atoms with E-state index in [4.69, 9.17) is 4.99 Å². The van der Waals surface area contributed by atoms with Crippen molar-refractivity contribution in [3.05, 3.63) is 0 Å². The van der Waals surface area contributed by atoms with Crippen LogP contribution in [0.5, 0.6) is 0 Å². The fourth-order valence-electron chi connectivity index (χ4n) is 8.96. The summed E-state index contributed by atoms with van der Waals surface area (Å²) in [6.45, 7) is 0. The van der Waals surface area contributed by atoms with Crippen LogP contribution in [0.1, 0.15) is 103 Å². The third-order valence-electron chi connectivity index (χ3n) is 9.78. The highest BCUT2D eigenvalue weighted by atomic mass is 15.2. The van der Waals surface area contributed by atoms with Gasteiger partial charge >= 0.3 is 0 Å². The monoisotopic (exact) mass is 368 g/mol. The SMILES string of the molecule is C1CCC(C2N=C(C34CC5CC(CC(C5)C3)C4)NC2C2CCCCC2)CC1. The molecule has 4 bridgehead atoms. The van der Waals surface area contributed by atoms with Crippen molar-refractivity contribution >= 4 is 5.84 Å². The van der Waals surface area contributed by atoms with Crippen LogP contribution in [0.3, 0.4) is 0 Å². The molecule has 7 rings (SSSR count). The molecule has 2 heteroatoms. The van der Waals surface area contributed by atoms with Gasteiger partial charge in [-0.05, 0) is 93.8 Å². The molecule has 1 aliphatic heterocycles. The van der Waals surface area contributed by atoms with Gasteiger partial charge in [0.25, 0.3) is 0 Å². The Kier molecular flexibility index (Phi) is 4.35. The third kappa shape index (κ3) is 2.99. The molecule has 0 aromatic carbocycles. The second kappa shape index (κ2) is 6.77. The Morgan fingerprint density at radius 1 is 0.667 bits per heavy atom. The van der Waals surface area contributed by atoms with E-state index in [2.05, 4.69) is 5.32 Å². The predicted molar refractivity (Wildman–Crippen MR) is 112 cm³/mol. The number of rotatable bonds is 3. The molecule has 0 radical (unpaired) electrons. The van der Waals surface area contributed by atoms with Crippen LogP contribution < -0.4 is 5.32 Å². The molecule has 1 N–H and O–H groups in total. The van der Waals surface area contributed by atoms with Crippen molar-refractivity contribution in [3.8, 4) is 0 Å². The molecule has 0 aromatic heterocycles. The molecule has 6 aliphatic carbocycles. The number of nitrogens with one attached hydrogen (secondary N) is 1. The zero-order chi connectivity index (χ0) is 17.8. The average Bonchev–Trinajstić information content (AvgIpc) is 3.15. The van der Waals surface area contributed by atoms with Gasteiger partial charge in [0.2, 0.25) is 0 Å². The zero-order valence-electron chi connectivity index (χ0n) is 17.3. The van der Waals surface area contributed by atoms with E-state index in [-0.39, 0.29) is 0 Å². The molecule has 150 valence electrons. The Balaban J connectivity index is 1.29. The Labute approximate surface area is 166 Å². The van der Waals surface area contributed by atoms with Crippen LogP contribution in [0.15, 0.2) is 4.99 Å². The van der Waals surface area contributed by atoms with Crippen molar-refractivity contribution in [3.63, 3.8) is 0 Å².